The standard InChI is InChI=1S/C26H32N2O5/c1-18(2)15-26(16-23(29)28(26)17-20-10-12-21(32-3)13-11-20)25(31)27-22(24(30)33-4)14-19-8-6-5-7-9-19/h5-13,18,22H,14-17H2,1-4H3,(H,27,31)/t22-,26-/m0/s1. The van der Waals surface area contributed by atoms with Gasteiger partial charge >= 0.3 is 5.97 Å². The van der Waals surface area contributed by atoms with Crippen LogP contribution in [0.15, 0.2) is 54.6 Å². The third kappa shape index (κ3) is 5.53. The van der Waals surface area contributed by atoms with Crippen molar-refractivity contribution in [3.63, 3.8) is 0 Å². The fourth-order valence-electron chi connectivity index (χ4n) is 4.37. The molecule has 7 nitrogen and oxygen atoms in total. The number of benzene rings is 2. The molecule has 1 aliphatic heterocycles. The topological polar surface area (TPSA) is 84.9 Å². The van der Waals surface area contributed by atoms with Gasteiger partial charge in [0.25, 0.3) is 0 Å². The van der Waals surface area contributed by atoms with Crippen LogP contribution < -0.4 is 10.1 Å². The minimum Gasteiger partial charge on any atom is -0.497 e. The summed E-state index contributed by atoms with van der Waals surface area (Å²) in [5, 5.41) is 2.89. The highest BCUT2D eigenvalue weighted by molar-refractivity contribution is 6.02. The summed E-state index contributed by atoms with van der Waals surface area (Å²) in [5.41, 5.74) is 0.804. The van der Waals surface area contributed by atoms with Crippen LogP contribution in [0.1, 0.15) is 37.8 Å². The first-order valence-corrected chi connectivity index (χ1v) is 11.1. The number of likely N-dealkylation sites (tertiary alicyclic amines) is 1. The quantitative estimate of drug-likeness (QED) is 0.442. The molecular formula is C26H32N2O5. The van der Waals surface area contributed by atoms with Gasteiger partial charge in [-0.15, -0.1) is 0 Å². The highest BCUT2D eigenvalue weighted by Crippen LogP contribution is 2.39. The van der Waals surface area contributed by atoms with Crippen LogP contribution in [-0.2, 0) is 32.1 Å². The first kappa shape index (κ1) is 24.3. The van der Waals surface area contributed by atoms with Crippen LogP contribution in [-0.4, -0.2) is 48.5 Å². The normalized spacial score (nSPS) is 18.5. The number of nitrogens with one attached hydrogen (secondary N) is 1. The summed E-state index contributed by atoms with van der Waals surface area (Å²) in [7, 11) is 2.90. The van der Waals surface area contributed by atoms with Gasteiger partial charge in [-0.3, -0.25) is 9.59 Å². The molecule has 2 amide bonds. The molecule has 1 N–H and O–H groups in total. The van der Waals surface area contributed by atoms with Crippen molar-refractivity contribution in [2.24, 2.45) is 5.92 Å². The Balaban J connectivity index is 1.83. The van der Waals surface area contributed by atoms with Crippen molar-refractivity contribution in [1.82, 2.24) is 10.2 Å². The molecule has 1 fully saturated rings. The number of hydrogen-bond donors (Lipinski definition) is 1. The molecule has 0 spiro atoms. The number of nitrogens with zero attached hydrogens (tertiary/aromatic N) is 1. The van der Waals surface area contributed by atoms with E-state index in [2.05, 4.69) is 5.32 Å². The van der Waals surface area contributed by atoms with Crippen molar-refractivity contribution < 1.29 is 23.9 Å². The van der Waals surface area contributed by atoms with E-state index >= 15 is 0 Å². The molecule has 0 unspecified atom stereocenters. The second kappa shape index (κ2) is 10.5. The number of esters is 1. The number of ether oxygens (including phenoxy) is 2. The number of methoxy groups -OCH3 is 2. The van der Waals surface area contributed by atoms with Crippen molar-refractivity contribution in [2.45, 2.75) is 51.2 Å². The summed E-state index contributed by atoms with van der Waals surface area (Å²) < 4.78 is 10.2. The Kier molecular flexibility index (Phi) is 7.74. The molecule has 33 heavy (non-hydrogen) atoms. The zero-order valence-electron chi connectivity index (χ0n) is 19.7. The van der Waals surface area contributed by atoms with E-state index in [1.165, 1.54) is 7.11 Å². The van der Waals surface area contributed by atoms with Crippen LogP contribution in [0, 0.1) is 5.92 Å². The summed E-state index contributed by atoms with van der Waals surface area (Å²) >= 11 is 0. The molecule has 1 heterocycles. The van der Waals surface area contributed by atoms with Crippen molar-refractivity contribution in [1.29, 1.82) is 0 Å². The molecule has 1 aliphatic rings. The van der Waals surface area contributed by atoms with Crippen LogP contribution in [0.3, 0.4) is 0 Å². The Labute approximate surface area is 195 Å². The van der Waals surface area contributed by atoms with Gasteiger partial charge in [-0.25, -0.2) is 4.79 Å². The van der Waals surface area contributed by atoms with Crippen LogP contribution >= 0.6 is 0 Å². The van der Waals surface area contributed by atoms with E-state index in [0.29, 0.717) is 19.4 Å². The predicted octanol–water partition coefficient (Wildman–Crippen LogP) is 3.11. The number of amides is 2. The Hall–Kier alpha value is -3.35. The number of β-lactam (4-membered cyclic amide) rings is 1. The van der Waals surface area contributed by atoms with Gasteiger partial charge in [-0.2, -0.15) is 0 Å². The highest BCUT2D eigenvalue weighted by Gasteiger charge is 2.56. The SMILES string of the molecule is COC(=O)[C@H](Cc1ccccc1)NC(=O)[C@]1(CC(C)C)CC(=O)N1Cc1ccc(OC)cc1. The number of hydrogen-bond acceptors (Lipinski definition) is 5. The lowest BCUT2D eigenvalue weighted by atomic mass is 9.75. The maximum Gasteiger partial charge on any atom is 0.328 e. The first-order valence-electron chi connectivity index (χ1n) is 11.1. The lowest BCUT2D eigenvalue weighted by molar-refractivity contribution is -0.170. The third-order valence-corrected chi connectivity index (χ3v) is 6.00. The van der Waals surface area contributed by atoms with Gasteiger partial charge in [0.15, 0.2) is 0 Å². The third-order valence-electron chi connectivity index (χ3n) is 6.00. The van der Waals surface area contributed by atoms with E-state index in [4.69, 9.17) is 9.47 Å². The average molecular weight is 453 g/mol. The van der Waals surface area contributed by atoms with Crippen molar-refractivity contribution >= 4 is 17.8 Å². The molecular weight excluding hydrogens is 420 g/mol. The zero-order valence-corrected chi connectivity index (χ0v) is 19.7. The largest absolute Gasteiger partial charge is 0.497 e. The van der Waals surface area contributed by atoms with Crippen LogP contribution in [0.25, 0.3) is 0 Å². The summed E-state index contributed by atoms with van der Waals surface area (Å²) in [4.78, 5) is 40.4. The lowest BCUT2D eigenvalue weighted by Gasteiger charge is -2.52. The molecule has 0 aromatic heterocycles. The lowest BCUT2D eigenvalue weighted by Crippen LogP contribution is -2.71. The van der Waals surface area contributed by atoms with E-state index in [-0.39, 0.29) is 24.2 Å². The molecule has 2 aromatic rings. The number of rotatable bonds is 10. The van der Waals surface area contributed by atoms with E-state index < -0.39 is 17.6 Å². The van der Waals surface area contributed by atoms with Crippen molar-refractivity contribution in [3.8, 4) is 5.75 Å². The van der Waals surface area contributed by atoms with Crippen LogP contribution in [0.2, 0.25) is 0 Å². The van der Waals surface area contributed by atoms with Gasteiger partial charge in [0, 0.05) is 13.0 Å². The summed E-state index contributed by atoms with van der Waals surface area (Å²) in [6, 6.07) is 16.0. The van der Waals surface area contributed by atoms with E-state index in [1.807, 2.05) is 68.4 Å². The first-order chi connectivity index (χ1) is 15.8. The Morgan fingerprint density at radius 3 is 2.24 bits per heavy atom. The number of carbonyl (C=O) groups excluding carboxylic acids is 3. The molecule has 1 saturated heterocycles. The molecule has 3 rings (SSSR count). The summed E-state index contributed by atoms with van der Waals surface area (Å²) in [6.07, 6.45) is 0.926. The molecule has 2 aromatic carbocycles. The minimum atomic E-state index is -1.01. The molecule has 0 aliphatic carbocycles. The molecule has 2 atom stereocenters. The van der Waals surface area contributed by atoms with Gasteiger partial charge in [0.1, 0.15) is 17.3 Å². The maximum absolute atomic E-state index is 13.6. The van der Waals surface area contributed by atoms with E-state index in [0.717, 1.165) is 16.9 Å². The fraction of sp³-hybridized carbons (Fsp3) is 0.423. The fourth-order valence-corrected chi connectivity index (χ4v) is 4.37. The Morgan fingerprint density at radius 1 is 1.03 bits per heavy atom. The van der Waals surface area contributed by atoms with Gasteiger partial charge < -0.3 is 19.7 Å². The second-order valence-corrected chi connectivity index (χ2v) is 8.87. The average Bonchev–Trinajstić information content (AvgIpc) is 2.81. The maximum atomic E-state index is 13.6. The molecule has 7 heteroatoms. The Morgan fingerprint density at radius 2 is 1.70 bits per heavy atom. The number of carbonyl (C=O) groups is 3. The highest BCUT2D eigenvalue weighted by atomic mass is 16.5. The zero-order chi connectivity index (χ0) is 24.0. The predicted molar refractivity (Wildman–Crippen MR) is 124 cm³/mol. The van der Waals surface area contributed by atoms with Gasteiger partial charge in [-0.05, 0) is 35.6 Å². The summed E-state index contributed by atoms with van der Waals surface area (Å²) in [6.45, 7) is 4.35. The van der Waals surface area contributed by atoms with Crippen molar-refractivity contribution in [3.05, 3.63) is 65.7 Å². The van der Waals surface area contributed by atoms with Crippen molar-refractivity contribution in [2.75, 3.05) is 14.2 Å². The Bertz CT molecular complexity index is 974. The van der Waals surface area contributed by atoms with Crippen LogP contribution in [0.5, 0.6) is 5.75 Å². The molecule has 0 saturated carbocycles. The van der Waals surface area contributed by atoms with Crippen LogP contribution in [0.4, 0.5) is 0 Å². The molecule has 0 radical (unpaired) electrons. The second-order valence-electron chi connectivity index (χ2n) is 8.87. The molecule has 0 bridgehead atoms. The minimum absolute atomic E-state index is 0.0840. The molecule has 176 valence electrons. The van der Waals surface area contributed by atoms with Gasteiger partial charge in [0.05, 0.1) is 20.6 Å². The van der Waals surface area contributed by atoms with E-state index in [1.54, 1.807) is 12.0 Å². The smallest absolute Gasteiger partial charge is 0.328 e. The van der Waals surface area contributed by atoms with E-state index in [9.17, 15) is 14.4 Å². The monoisotopic (exact) mass is 452 g/mol. The van der Waals surface area contributed by atoms with Gasteiger partial charge in [0.2, 0.25) is 11.8 Å². The summed E-state index contributed by atoms with van der Waals surface area (Å²) in [5.74, 6) is -0.0242. The van der Waals surface area contributed by atoms with Gasteiger partial charge in [-0.1, -0.05) is 56.3 Å².